The lowest BCUT2D eigenvalue weighted by molar-refractivity contribution is 0.117. The zero-order valence-electron chi connectivity index (χ0n) is 13.1. The van der Waals surface area contributed by atoms with Gasteiger partial charge in [0.2, 0.25) is 0 Å². The van der Waals surface area contributed by atoms with Crippen molar-refractivity contribution in [3.8, 4) is 0 Å². The Balaban J connectivity index is 2.64. The second kappa shape index (κ2) is 7.10. The van der Waals surface area contributed by atoms with Gasteiger partial charge in [0.15, 0.2) is 0 Å². The van der Waals surface area contributed by atoms with E-state index in [-0.39, 0.29) is 17.6 Å². The first-order valence-electron chi connectivity index (χ1n) is 7.32. The van der Waals surface area contributed by atoms with Gasteiger partial charge in [-0.05, 0) is 47.3 Å². The van der Waals surface area contributed by atoms with E-state index in [4.69, 9.17) is 0 Å². The standard InChI is InChI=1S/C14H30N4O/c1-6-18-9-7-14(8-10-18,11-17(4)5)16-13(19)15-12(2)3/h12H,6-11H2,1-5H3,(H2,15,16,19). The quantitative estimate of drug-likeness (QED) is 0.787. The first-order valence-corrected chi connectivity index (χ1v) is 7.32. The molecule has 0 unspecified atom stereocenters. The second-order valence-electron chi connectivity index (χ2n) is 6.21. The normalized spacial score (nSPS) is 19.7. The van der Waals surface area contributed by atoms with Crippen LogP contribution in [0.2, 0.25) is 0 Å². The molecular formula is C14H30N4O. The van der Waals surface area contributed by atoms with Crippen LogP contribution in [-0.4, -0.2) is 67.7 Å². The van der Waals surface area contributed by atoms with Crippen LogP contribution in [0.3, 0.4) is 0 Å². The molecule has 2 amide bonds. The number of hydrogen-bond donors (Lipinski definition) is 2. The van der Waals surface area contributed by atoms with Crippen molar-refractivity contribution in [1.82, 2.24) is 20.4 Å². The fourth-order valence-electron chi connectivity index (χ4n) is 2.76. The molecule has 5 nitrogen and oxygen atoms in total. The van der Waals surface area contributed by atoms with Gasteiger partial charge in [-0.1, -0.05) is 6.92 Å². The molecule has 2 N–H and O–H groups in total. The maximum absolute atomic E-state index is 12.0. The summed E-state index contributed by atoms with van der Waals surface area (Å²) in [5.41, 5.74) is -0.0891. The number of hydrogen-bond acceptors (Lipinski definition) is 3. The average Bonchev–Trinajstić information content (AvgIpc) is 2.27. The molecule has 1 rings (SSSR count). The Hall–Kier alpha value is -0.810. The molecule has 5 heteroatoms. The van der Waals surface area contributed by atoms with Gasteiger partial charge in [0, 0.05) is 25.7 Å². The van der Waals surface area contributed by atoms with Gasteiger partial charge in [-0.3, -0.25) is 0 Å². The van der Waals surface area contributed by atoms with Crippen molar-refractivity contribution in [2.45, 2.75) is 45.2 Å². The number of rotatable bonds is 5. The lowest BCUT2D eigenvalue weighted by atomic mass is 9.87. The van der Waals surface area contributed by atoms with E-state index in [1.807, 2.05) is 13.8 Å². The minimum Gasteiger partial charge on any atom is -0.336 e. The molecule has 112 valence electrons. The van der Waals surface area contributed by atoms with Crippen LogP contribution in [0.15, 0.2) is 0 Å². The summed E-state index contributed by atoms with van der Waals surface area (Å²) in [4.78, 5) is 16.6. The maximum atomic E-state index is 12.0. The molecule has 0 aromatic carbocycles. The van der Waals surface area contributed by atoms with Gasteiger partial charge in [0.1, 0.15) is 0 Å². The van der Waals surface area contributed by atoms with Crippen LogP contribution in [0.25, 0.3) is 0 Å². The van der Waals surface area contributed by atoms with Gasteiger partial charge in [-0.25, -0.2) is 4.79 Å². The third kappa shape index (κ3) is 5.37. The number of likely N-dealkylation sites (N-methyl/N-ethyl adjacent to an activating group) is 1. The van der Waals surface area contributed by atoms with Gasteiger partial charge < -0.3 is 20.4 Å². The van der Waals surface area contributed by atoms with Crippen molar-refractivity contribution in [2.75, 3.05) is 40.3 Å². The zero-order valence-corrected chi connectivity index (χ0v) is 13.1. The van der Waals surface area contributed by atoms with E-state index >= 15 is 0 Å². The highest BCUT2D eigenvalue weighted by Crippen LogP contribution is 2.23. The summed E-state index contributed by atoms with van der Waals surface area (Å²) in [5.74, 6) is 0. The Kier molecular flexibility index (Phi) is 6.07. The third-order valence-corrected chi connectivity index (χ3v) is 3.68. The van der Waals surface area contributed by atoms with E-state index in [0.29, 0.717) is 0 Å². The summed E-state index contributed by atoms with van der Waals surface area (Å²) in [7, 11) is 4.13. The zero-order chi connectivity index (χ0) is 14.5. The SMILES string of the molecule is CCN1CCC(CN(C)C)(NC(=O)NC(C)C)CC1. The van der Waals surface area contributed by atoms with Crippen molar-refractivity contribution in [1.29, 1.82) is 0 Å². The Morgan fingerprint density at radius 3 is 2.32 bits per heavy atom. The fraction of sp³-hybridized carbons (Fsp3) is 0.929. The van der Waals surface area contributed by atoms with Gasteiger partial charge in [0.05, 0.1) is 5.54 Å². The number of nitrogens with zero attached hydrogens (tertiary/aromatic N) is 2. The van der Waals surface area contributed by atoms with Gasteiger partial charge in [0.25, 0.3) is 0 Å². The smallest absolute Gasteiger partial charge is 0.315 e. The van der Waals surface area contributed by atoms with Crippen LogP contribution in [-0.2, 0) is 0 Å². The van der Waals surface area contributed by atoms with Crippen molar-refractivity contribution in [3.05, 3.63) is 0 Å². The second-order valence-corrected chi connectivity index (χ2v) is 6.21. The average molecular weight is 270 g/mol. The number of nitrogens with one attached hydrogen (secondary N) is 2. The molecule has 1 heterocycles. The summed E-state index contributed by atoms with van der Waals surface area (Å²) in [6.07, 6.45) is 2.04. The molecule has 0 atom stereocenters. The van der Waals surface area contributed by atoms with Gasteiger partial charge in [-0.15, -0.1) is 0 Å². The summed E-state index contributed by atoms with van der Waals surface area (Å²) < 4.78 is 0. The predicted octanol–water partition coefficient (Wildman–Crippen LogP) is 1.11. The minimum absolute atomic E-state index is 0.0400. The predicted molar refractivity (Wildman–Crippen MR) is 79.4 cm³/mol. The molecular weight excluding hydrogens is 240 g/mol. The van der Waals surface area contributed by atoms with Crippen LogP contribution >= 0.6 is 0 Å². The Labute approximate surface area is 117 Å². The Bertz CT molecular complexity index is 283. The van der Waals surface area contributed by atoms with Crippen molar-refractivity contribution in [3.63, 3.8) is 0 Å². The van der Waals surface area contributed by atoms with Crippen LogP contribution in [0.5, 0.6) is 0 Å². The number of carbonyl (C=O) groups is 1. The topological polar surface area (TPSA) is 47.6 Å². The van der Waals surface area contributed by atoms with E-state index in [9.17, 15) is 4.79 Å². The van der Waals surface area contributed by atoms with Crippen molar-refractivity contribution in [2.24, 2.45) is 0 Å². The molecule has 0 aliphatic carbocycles. The largest absolute Gasteiger partial charge is 0.336 e. The van der Waals surface area contributed by atoms with E-state index in [2.05, 4.69) is 41.5 Å². The number of carbonyl (C=O) groups excluding carboxylic acids is 1. The summed E-state index contributed by atoms with van der Waals surface area (Å²) in [6, 6.07) is 0.133. The maximum Gasteiger partial charge on any atom is 0.315 e. The number of piperidine rings is 1. The molecule has 0 spiro atoms. The molecule has 1 aliphatic rings. The van der Waals surface area contributed by atoms with Gasteiger partial charge >= 0.3 is 6.03 Å². The Morgan fingerprint density at radius 1 is 1.32 bits per heavy atom. The molecule has 0 aromatic heterocycles. The summed E-state index contributed by atoms with van der Waals surface area (Å²) in [6.45, 7) is 10.3. The van der Waals surface area contributed by atoms with Crippen LogP contribution in [0.1, 0.15) is 33.6 Å². The highest BCUT2D eigenvalue weighted by Gasteiger charge is 2.36. The fourth-order valence-corrected chi connectivity index (χ4v) is 2.76. The number of urea groups is 1. The molecule has 0 aromatic rings. The molecule has 0 radical (unpaired) electrons. The highest BCUT2D eigenvalue weighted by atomic mass is 16.2. The van der Waals surface area contributed by atoms with Crippen LogP contribution < -0.4 is 10.6 Å². The summed E-state index contributed by atoms with van der Waals surface area (Å²) >= 11 is 0. The van der Waals surface area contributed by atoms with Crippen molar-refractivity contribution >= 4 is 6.03 Å². The highest BCUT2D eigenvalue weighted by molar-refractivity contribution is 5.75. The van der Waals surface area contributed by atoms with Crippen molar-refractivity contribution < 1.29 is 4.79 Å². The van der Waals surface area contributed by atoms with E-state index < -0.39 is 0 Å². The lowest BCUT2D eigenvalue weighted by Crippen LogP contribution is -2.62. The number of likely N-dealkylation sites (tertiary alicyclic amines) is 1. The minimum atomic E-state index is -0.0891. The third-order valence-electron chi connectivity index (χ3n) is 3.68. The van der Waals surface area contributed by atoms with Crippen LogP contribution in [0, 0.1) is 0 Å². The molecule has 0 saturated carbocycles. The Morgan fingerprint density at radius 2 is 1.89 bits per heavy atom. The molecule has 1 aliphatic heterocycles. The van der Waals surface area contributed by atoms with E-state index in [0.717, 1.165) is 39.0 Å². The van der Waals surface area contributed by atoms with Crippen LogP contribution in [0.4, 0.5) is 4.79 Å². The lowest BCUT2D eigenvalue weighted by Gasteiger charge is -2.43. The van der Waals surface area contributed by atoms with E-state index in [1.165, 1.54) is 0 Å². The molecule has 0 bridgehead atoms. The van der Waals surface area contributed by atoms with Gasteiger partial charge in [-0.2, -0.15) is 0 Å². The monoisotopic (exact) mass is 270 g/mol. The molecule has 1 saturated heterocycles. The molecule has 19 heavy (non-hydrogen) atoms. The first-order chi connectivity index (χ1) is 8.87. The summed E-state index contributed by atoms with van der Waals surface area (Å²) in [5, 5.41) is 6.15. The molecule has 1 fully saturated rings. The van der Waals surface area contributed by atoms with E-state index in [1.54, 1.807) is 0 Å². The first kappa shape index (κ1) is 16.2. The number of amides is 2.